The lowest BCUT2D eigenvalue weighted by molar-refractivity contribution is 0.0736. The van der Waals surface area contributed by atoms with Crippen molar-refractivity contribution >= 4 is 23.3 Å². The van der Waals surface area contributed by atoms with Gasteiger partial charge in [-0.05, 0) is 61.2 Å². The summed E-state index contributed by atoms with van der Waals surface area (Å²) in [6, 6.07) is 24.8. The first kappa shape index (κ1) is 19.9. The molecule has 0 spiro atoms. The predicted molar refractivity (Wildman–Crippen MR) is 125 cm³/mol. The lowest BCUT2D eigenvalue weighted by Crippen LogP contribution is -2.36. The van der Waals surface area contributed by atoms with Crippen molar-refractivity contribution < 1.29 is 4.79 Å². The molecule has 0 N–H and O–H groups in total. The fourth-order valence-corrected chi connectivity index (χ4v) is 5.06. The van der Waals surface area contributed by atoms with Crippen LogP contribution in [0.2, 0.25) is 0 Å². The number of hydrogen-bond acceptors (Lipinski definition) is 3. The van der Waals surface area contributed by atoms with Crippen molar-refractivity contribution in [1.29, 1.82) is 0 Å². The molecule has 0 saturated carbocycles. The molecule has 1 saturated heterocycles. The van der Waals surface area contributed by atoms with Crippen molar-refractivity contribution in [3.05, 3.63) is 102 Å². The van der Waals surface area contributed by atoms with Gasteiger partial charge in [0.05, 0.1) is 5.69 Å². The summed E-state index contributed by atoms with van der Waals surface area (Å²) in [6.45, 7) is 0.848. The molecular weight excluding hydrogens is 402 g/mol. The average molecular weight is 428 g/mol. The molecular formula is C26H25N3OS. The number of benzene rings is 2. The Morgan fingerprint density at radius 2 is 1.81 bits per heavy atom. The van der Waals surface area contributed by atoms with E-state index in [4.69, 9.17) is 0 Å². The van der Waals surface area contributed by atoms with E-state index in [9.17, 15) is 4.79 Å². The molecule has 1 aliphatic heterocycles. The number of aromatic nitrogens is 2. The van der Waals surface area contributed by atoms with Crippen molar-refractivity contribution in [2.45, 2.75) is 36.0 Å². The number of nitrogens with zero attached hydrogens (tertiary/aromatic N) is 3. The molecule has 1 atom stereocenters. The molecule has 1 amide bonds. The quantitative estimate of drug-likeness (QED) is 0.383. The summed E-state index contributed by atoms with van der Waals surface area (Å²) in [7, 11) is 0. The van der Waals surface area contributed by atoms with Crippen molar-refractivity contribution in [1.82, 2.24) is 14.3 Å². The van der Waals surface area contributed by atoms with E-state index in [0.29, 0.717) is 6.04 Å². The van der Waals surface area contributed by atoms with Crippen LogP contribution in [0.1, 0.15) is 34.5 Å². The molecule has 0 aliphatic carbocycles. The monoisotopic (exact) mass is 427 g/mol. The molecule has 5 heteroatoms. The molecule has 1 fully saturated rings. The second-order valence-electron chi connectivity index (χ2n) is 8.00. The summed E-state index contributed by atoms with van der Waals surface area (Å²) < 4.78 is 2.04. The van der Waals surface area contributed by atoms with Gasteiger partial charge >= 0.3 is 0 Å². The summed E-state index contributed by atoms with van der Waals surface area (Å²) in [5.74, 6) is 0.954. The molecule has 2 aromatic heterocycles. The maximum Gasteiger partial charge on any atom is 0.254 e. The summed E-state index contributed by atoms with van der Waals surface area (Å²) in [4.78, 5) is 21.0. The SMILES string of the molecule is O=C(c1ccc(SCc2cn3ccccc3n2)cc1)N1CCCC1Cc1ccccc1. The van der Waals surface area contributed by atoms with Crippen LogP contribution in [0.25, 0.3) is 5.65 Å². The first-order valence-corrected chi connectivity index (χ1v) is 11.8. The smallest absolute Gasteiger partial charge is 0.254 e. The third-order valence-electron chi connectivity index (χ3n) is 5.85. The van der Waals surface area contributed by atoms with Gasteiger partial charge in [-0.1, -0.05) is 36.4 Å². The zero-order valence-electron chi connectivity index (χ0n) is 17.4. The van der Waals surface area contributed by atoms with Crippen molar-refractivity contribution in [2.24, 2.45) is 0 Å². The summed E-state index contributed by atoms with van der Waals surface area (Å²) >= 11 is 1.74. The van der Waals surface area contributed by atoms with Crippen LogP contribution in [0.15, 0.2) is 90.1 Å². The van der Waals surface area contributed by atoms with Crippen LogP contribution in [0, 0.1) is 0 Å². The Balaban J connectivity index is 1.22. The summed E-state index contributed by atoms with van der Waals surface area (Å²) in [5.41, 5.74) is 4.09. The molecule has 0 bridgehead atoms. The molecule has 3 heterocycles. The number of fused-ring (bicyclic) bond motifs is 1. The van der Waals surface area contributed by atoms with Crippen LogP contribution in [0.3, 0.4) is 0 Å². The molecule has 4 nitrogen and oxygen atoms in total. The van der Waals surface area contributed by atoms with Crippen LogP contribution >= 0.6 is 11.8 Å². The Hall–Kier alpha value is -3.05. The largest absolute Gasteiger partial charge is 0.335 e. The van der Waals surface area contributed by atoms with Gasteiger partial charge in [-0.15, -0.1) is 11.8 Å². The number of amides is 1. The normalized spacial score (nSPS) is 16.1. The summed E-state index contributed by atoms with van der Waals surface area (Å²) in [6.07, 6.45) is 7.17. The minimum Gasteiger partial charge on any atom is -0.335 e. The first-order valence-electron chi connectivity index (χ1n) is 10.8. The van der Waals surface area contributed by atoms with Gasteiger partial charge in [-0.2, -0.15) is 0 Å². The van der Waals surface area contributed by atoms with Gasteiger partial charge in [0.1, 0.15) is 5.65 Å². The third-order valence-corrected chi connectivity index (χ3v) is 6.90. The van der Waals surface area contributed by atoms with E-state index >= 15 is 0 Å². The third kappa shape index (κ3) is 4.52. The highest BCUT2D eigenvalue weighted by molar-refractivity contribution is 7.98. The topological polar surface area (TPSA) is 37.6 Å². The van der Waals surface area contributed by atoms with Crippen LogP contribution in [-0.2, 0) is 12.2 Å². The van der Waals surface area contributed by atoms with Crippen molar-refractivity contribution in [2.75, 3.05) is 6.54 Å². The van der Waals surface area contributed by atoms with Crippen molar-refractivity contribution in [3.63, 3.8) is 0 Å². The molecule has 31 heavy (non-hydrogen) atoms. The van der Waals surface area contributed by atoms with Crippen molar-refractivity contribution in [3.8, 4) is 0 Å². The Morgan fingerprint density at radius 1 is 1.00 bits per heavy atom. The predicted octanol–water partition coefficient (Wildman–Crippen LogP) is 5.47. The highest BCUT2D eigenvalue weighted by Gasteiger charge is 2.29. The van der Waals surface area contributed by atoms with Crippen LogP contribution in [0.5, 0.6) is 0 Å². The number of likely N-dealkylation sites (tertiary alicyclic amines) is 1. The Kier molecular flexibility index (Phi) is 5.76. The van der Waals surface area contributed by atoms with E-state index in [0.717, 1.165) is 53.4 Å². The maximum atomic E-state index is 13.1. The number of carbonyl (C=O) groups excluding carboxylic acids is 1. The number of rotatable bonds is 6. The van der Waals surface area contributed by atoms with Crippen LogP contribution in [0.4, 0.5) is 0 Å². The van der Waals surface area contributed by atoms with E-state index in [1.807, 2.05) is 47.0 Å². The Bertz CT molecular complexity index is 1140. The second kappa shape index (κ2) is 8.98. The van der Waals surface area contributed by atoms with Gasteiger partial charge in [-0.3, -0.25) is 4.79 Å². The highest BCUT2D eigenvalue weighted by Crippen LogP contribution is 2.26. The fraction of sp³-hybridized carbons (Fsp3) is 0.231. The lowest BCUT2D eigenvalue weighted by atomic mass is 10.0. The van der Waals surface area contributed by atoms with Gasteiger partial charge in [-0.25, -0.2) is 4.98 Å². The van der Waals surface area contributed by atoms with E-state index in [2.05, 4.69) is 52.5 Å². The number of thioether (sulfide) groups is 1. The Labute approximate surface area is 186 Å². The lowest BCUT2D eigenvalue weighted by Gasteiger charge is -2.25. The van der Waals surface area contributed by atoms with Gasteiger partial charge in [0, 0.05) is 41.2 Å². The van der Waals surface area contributed by atoms with Crippen LogP contribution < -0.4 is 0 Å². The number of carbonyl (C=O) groups is 1. The fourth-order valence-electron chi connectivity index (χ4n) is 4.28. The van der Waals surface area contributed by atoms with Gasteiger partial charge in [0.25, 0.3) is 5.91 Å². The Morgan fingerprint density at radius 3 is 2.61 bits per heavy atom. The van der Waals surface area contributed by atoms with E-state index in [-0.39, 0.29) is 5.91 Å². The molecule has 156 valence electrons. The first-order chi connectivity index (χ1) is 15.3. The van der Waals surface area contributed by atoms with Gasteiger partial charge in [0.15, 0.2) is 0 Å². The van der Waals surface area contributed by atoms with E-state index in [1.165, 1.54) is 5.56 Å². The van der Waals surface area contributed by atoms with E-state index in [1.54, 1.807) is 11.8 Å². The van der Waals surface area contributed by atoms with E-state index < -0.39 is 0 Å². The zero-order valence-corrected chi connectivity index (χ0v) is 18.2. The highest BCUT2D eigenvalue weighted by atomic mass is 32.2. The molecule has 4 aromatic rings. The molecule has 5 rings (SSSR count). The molecule has 0 radical (unpaired) electrons. The number of hydrogen-bond donors (Lipinski definition) is 0. The average Bonchev–Trinajstić information content (AvgIpc) is 3.45. The summed E-state index contributed by atoms with van der Waals surface area (Å²) in [5, 5.41) is 0. The number of imidazole rings is 1. The minimum atomic E-state index is 0.148. The van der Waals surface area contributed by atoms with Gasteiger partial charge < -0.3 is 9.30 Å². The van der Waals surface area contributed by atoms with Crippen LogP contribution in [-0.4, -0.2) is 32.8 Å². The van der Waals surface area contributed by atoms with Gasteiger partial charge in [0.2, 0.25) is 0 Å². The maximum absolute atomic E-state index is 13.1. The molecule has 1 unspecified atom stereocenters. The zero-order chi connectivity index (χ0) is 21.0. The molecule has 2 aromatic carbocycles. The molecule has 1 aliphatic rings. The second-order valence-corrected chi connectivity index (χ2v) is 9.04. The number of pyridine rings is 1. The standard InChI is InChI=1S/C26H25N3OS/c30-26(29-16-6-9-23(29)17-20-7-2-1-3-8-20)21-11-13-24(14-12-21)31-19-22-18-28-15-5-4-10-25(28)27-22/h1-5,7-8,10-15,18,23H,6,9,16-17,19H2. The minimum absolute atomic E-state index is 0.148.